The minimum Gasteiger partial charge on any atom is -0.317 e. The number of amides is 1. The predicted octanol–water partition coefficient (Wildman–Crippen LogP) is 4.11. The molecule has 1 amide bonds. The van der Waals surface area contributed by atoms with Gasteiger partial charge in [0.25, 0.3) is 5.91 Å². The number of aryl methyl sites for hydroxylation is 1. The van der Waals surface area contributed by atoms with Gasteiger partial charge < -0.3 is 5.32 Å². The summed E-state index contributed by atoms with van der Waals surface area (Å²) in [5.41, 5.74) is 1.65. The smallest absolute Gasteiger partial charge is 0.255 e. The number of rotatable bonds is 2. The molecule has 0 unspecified atom stereocenters. The maximum absolute atomic E-state index is 12.1. The van der Waals surface area contributed by atoms with E-state index in [1.165, 1.54) is 6.33 Å². The topological polar surface area (TPSA) is 54.9 Å². The van der Waals surface area contributed by atoms with Crippen molar-refractivity contribution in [1.82, 2.24) is 9.97 Å². The normalized spacial score (nSPS) is 10.3. The molecule has 4 nitrogen and oxygen atoms in total. The van der Waals surface area contributed by atoms with Crippen molar-refractivity contribution in [2.75, 3.05) is 5.32 Å². The van der Waals surface area contributed by atoms with Crippen molar-refractivity contribution < 1.29 is 4.79 Å². The van der Waals surface area contributed by atoms with Gasteiger partial charge in [-0.05, 0) is 30.7 Å². The number of hydrogen-bond acceptors (Lipinski definition) is 3. The van der Waals surface area contributed by atoms with Crippen LogP contribution in [0.4, 0.5) is 5.69 Å². The first-order chi connectivity index (χ1) is 8.97. The lowest BCUT2D eigenvalue weighted by Gasteiger charge is -2.08. The molecule has 0 aliphatic heterocycles. The van der Waals surface area contributed by atoms with Crippen molar-refractivity contribution in [3.05, 3.63) is 50.4 Å². The van der Waals surface area contributed by atoms with Gasteiger partial charge in [-0.25, -0.2) is 9.97 Å². The molecule has 0 saturated heterocycles. The molecule has 0 spiro atoms. The monoisotopic (exact) mass is 359 g/mol. The van der Waals surface area contributed by atoms with E-state index in [1.54, 1.807) is 12.1 Å². The van der Waals surface area contributed by atoms with E-state index < -0.39 is 0 Å². The second-order valence-corrected chi connectivity index (χ2v) is 5.43. The van der Waals surface area contributed by atoms with Gasteiger partial charge in [0.05, 0.1) is 0 Å². The number of nitrogens with zero attached hydrogens (tertiary/aromatic N) is 2. The molecule has 19 heavy (non-hydrogen) atoms. The Morgan fingerprint density at radius 1 is 1.21 bits per heavy atom. The van der Waals surface area contributed by atoms with E-state index in [0.29, 0.717) is 5.56 Å². The van der Waals surface area contributed by atoms with E-state index in [1.807, 2.05) is 13.0 Å². The number of aromatic nitrogens is 2. The van der Waals surface area contributed by atoms with E-state index >= 15 is 0 Å². The molecule has 1 aromatic carbocycles. The summed E-state index contributed by atoms with van der Waals surface area (Å²) in [5.74, 6) is -0.331. The molecule has 1 N–H and O–H groups in total. The minimum atomic E-state index is -0.331. The second kappa shape index (κ2) is 5.86. The number of carbonyl (C=O) groups is 1. The fraction of sp³-hybridized carbons (Fsp3) is 0.0833. The maximum Gasteiger partial charge on any atom is 0.255 e. The zero-order valence-electron chi connectivity index (χ0n) is 9.75. The highest BCUT2D eigenvalue weighted by atomic mass is 79.9. The van der Waals surface area contributed by atoms with Crippen LogP contribution >= 0.6 is 39.1 Å². The summed E-state index contributed by atoms with van der Waals surface area (Å²) in [7, 11) is 0. The first-order valence-electron chi connectivity index (χ1n) is 5.22. The average Bonchev–Trinajstić information content (AvgIpc) is 2.32. The SMILES string of the molecule is Cc1cc(Br)cc(C(=O)Nc2c(Cl)ncnc2Cl)c1. The lowest BCUT2D eigenvalue weighted by atomic mass is 10.1. The van der Waals surface area contributed by atoms with Crippen molar-refractivity contribution >= 4 is 50.7 Å². The summed E-state index contributed by atoms with van der Waals surface area (Å²) < 4.78 is 0.819. The molecule has 2 rings (SSSR count). The fourth-order valence-corrected chi connectivity index (χ4v) is 2.52. The molecule has 0 fully saturated rings. The molecule has 1 aromatic heterocycles. The van der Waals surface area contributed by atoms with Gasteiger partial charge in [-0.3, -0.25) is 4.79 Å². The van der Waals surface area contributed by atoms with E-state index in [-0.39, 0.29) is 21.9 Å². The standard InChI is InChI=1S/C12H8BrCl2N3O/c1-6-2-7(4-8(13)3-6)12(19)18-9-10(14)16-5-17-11(9)15/h2-5H,1H3,(H,18,19). The van der Waals surface area contributed by atoms with Crippen LogP contribution in [0.1, 0.15) is 15.9 Å². The Morgan fingerprint density at radius 2 is 1.84 bits per heavy atom. The van der Waals surface area contributed by atoms with Crippen molar-refractivity contribution in [3.8, 4) is 0 Å². The van der Waals surface area contributed by atoms with Crippen LogP contribution in [0.3, 0.4) is 0 Å². The van der Waals surface area contributed by atoms with E-state index in [2.05, 4.69) is 31.2 Å². The Balaban J connectivity index is 2.31. The molecular formula is C12H8BrCl2N3O. The molecule has 0 aliphatic carbocycles. The highest BCUT2D eigenvalue weighted by Gasteiger charge is 2.13. The van der Waals surface area contributed by atoms with Gasteiger partial charge in [0.15, 0.2) is 10.3 Å². The number of nitrogens with one attached hydrogen (secondary N) is 1. The number of carbonyl (C=O) groups excluding carboxylic acids is 1. The van der Waals surface area contributed by atoms with E-state index in [9.17, 15) is 4.79 Å². The van der Waals surface area contributed by atoms with Crippen LogP contribution in [0.15, 0.2) is 29.0 Å². The maximum atomic E-state index is 12.1. The Labute approximate surface area is 128 Å². The van der Waals surface area contributed by atoms with Crippen LogP contribution in [0, 0.1) is 6.92 Å². The third kappa shape index (κ3) is 3.43. The molecular weight excluding hydrogens is 353 g/mol. The molecule has 1 heterocycles. The molecule has 0 atom stereocenters. The third-order valence-corrected chi connectivity index (χ3v) is 3.33. The molecule has 0 aliphatic rings. The average molecular weight is 361 g/mol. The van der Waals surface area contributed by atoms with E-state index in [0.717, 1.165) is 10.0 Å². The zero-order chi connectivity index (χ0) is 14.0. The van der Waals surface area contributed by atoms with Crippen LogP contribution in [0.2, 0.25) is 10.3 Å². The summed E-state index contributed by atoms with van der Waals surface area (Å²) >= 11 is 15.1. The number of anilines is 1. The van der Waals surface area contributed by atoms with Gasteiger partial charge in [-0.2, -0.15) is 0 Å². The molecule has 2 aromatic rings. The fourth-order valence-electron chi connectivity index (χ4n) is 1.50. The number of hydrogen-bond donors (Lipinski definition) is 1. The molecule has 0 saturated carbocycles. The minimum absolute atomic E-state index is 0.0973. The van der Waals surface area contributed by atoms with Crippen LogP contribution < -0.4 is 5.32 Å². The molecule has 0 bridgehead atoms. The van der Waals surface area contributed by atoms with Gasteiger partial charge in [0.2, 0.25) is 0 Å². The van der Waals surface area contributed by atoms with Crippen LogP contribution in [-0.2, 0) is 0 Å². The zero-order valence-corrected chi connectivity index (χ0v) is 12.8. The van der Waals surface area contributed by atoms with Gasteiger partial charge in [0, 0.05) is 10.0 Å². The summed E-state index contributed by atoms with van der Waals surface area (Å²) in [6.45, 7) is 1.90. The van der Waals surface area contributed by atoms with Gasteiger partial charge in [0.1, 0.15) is 12.0 Å². The van der Waals surface area contributed by atoms with Crippen LogP contribution in [-0.4, -0.2) is 15.9 Å². The van der Waals surface area contributed by atoms with Crippen molar-refractivity contribution in [3.63, 3.8) is 0 Å². The lowest BCUT2D eigenvalue weighted by molar-refractivity contribution is 0.102. The second-order valence-electron chi connectivity index (χ2n) is 3.80. The molecule has 0 radical (unpaired) electrons. The van der Waals surface area contributed by atoms with Gasteiger partial charge >= 0.3 is 0 Å². The largest absolute Gasteiger partial charge is 0.317 e. The lowest BCUT2D eigenvalue weighted by Crippen LogP contribution is -2.13. The Hall–Kier alpha value is -1.17. The highest BCUT2D eigenvalue weighted by molar-refractivity contribution is 9.10. The third-order valence-electron chi connectivity index (χ3n) is 2.30. The quantitative estimate of drug-likeness (QED) is 0.820. The molecule has 7 heteroatoms. The Kier molecular flexibility index (Phi) is 4.39. The van der Waals surface area contributed by atoms with E-state index in [4.69, 9.17) is 23.2 Å². The van der Waals surface area contributed by atoms with Crippen molar-refractivity contribution in [2.45, 2.75) is 6.92 Å². The number of halogens is 3. The van der Waals surface area contributed by atoms with Crippen LogP contribution in [0.25, 0.3) is 0 Å². The van der Waals surface area contributed by atoms with Crippen LogP contribution in [0.5, 0.6) is 0 Å². The first-order valence-corrected chi connectivity index (χ1v) is 6.77. The summed E-state index contributed by atoms with van der Waals surface area (Å²) in [4.78, 5) is 19.7. The predicted molar refractivity (Wildman–Crippen MR) is 78.9 cm³/mol. The summed E-state index contributed by atoms with van der Waals surface area (Å²) in [5, 5.41) is 2.80. The number of benzene rings is 1. The first kappa shape index (κ1) is 14.2. The van der Waals surface area contributed by atoms with Gasteiger partial charge in [-0.1, -0.05) is 39.1 Å². The van der Waals surface area contributed by atoms with Gasteiger partial charge in [-0.15, -0.1) is 0 Å². The Morgan fingerprint density at radius 3 is 2.42 bits per heavy atom. The Bertz CT molecular complexity index is 608. The molecule has 98 valence electrons. The summed E-state index contributed by atoms with van der Waals surface area (Å²) in [6.07, 6.45) is 1.23. The van der Waals surface area contributed by atoms with Crippen molar-refractivity contribution in [1.29, 1.82) is 0 Å². The van der Waals surface area contributed by atoms with Crippen molar-refractivity contribution in [2.24, 2.45) is 0 Å². The summed E-state index contributed by atoms with van der Waals surface area (Å²) in [6, 6.07) is 5.36. The highest BCUT2D eigenvalue weighted by Crippen LogP contribution is 2.26.